The minimum Gasteiger partial charge on any atom is -0.299 e. The lowest BCUT2D eigenvalue weighted by atomic mass is 9.89. The van der Waals surface area contributed by atoms with Crippen LogP contribution in [-0.4, -0.2) is 18.0 Å². The van der Waals surface area contributed by atoms with E-state index in [-0.39, 0.29) is 0 Å². The Morgan fingerprint density at radius 1 is 1.36 bits per heavy atom. The van der Waals surface area contributed by atoms with E-state index in [9.17, 15) is 4.79 Å². The Hall–Kier alpha value is -0.920. The molecule has 0 N–H and O–H groups in total. The average Bonchev–Trinajstić information content (AvgIpc) is 2.21. The molecule has 2 aliphatic rings. The molecule has 0 aromatic rings. The molecule has 2 rings (SSSR count). The quantitative estimate of drug-likeness (QED) is 0.626. The van der Waals surface area contributed by atoms with Gasteiger partial charge in [-0.3, -0.25) is 9.79 Å². The van der Waals surface area contributed by atoms with Crippen molar-refractivity contribution in [1.82, 2.24) is 0 Å². The van der Waals surface area contributed by atoms with Crippen LogP contribution in [0, 0.1) is 5.92 Å². The maximum Gasteiger partial charge on any atom is 0.137 e. The topological polar surface area (TPSA) is 29.4 Å². The zero-order valence-electron chi connectivity index (χ0n) is 8.75. The second kappa shape index (κ2) is 4.07. The van der Waals surface area contributed by atoms with Crippen molar-refractivity contribution < 1.29 is 4.79 Å². The summed E-state index contributed by atoms with van der Waals surface area (Å²) in [6.45, 7) is 3.22. The standard InChI is InChI=1S/C12H17NO/c1-9-2-7-12(13-8-9)10-3-5-11(14)6-4-10/h3,9H,2,4-8H2,1H3. The van der Waals surface area contributed by atoms with Gasteiger partial charge in [-0.05, 0) is 30.8 Å². The molecule has 0 aromatic heterocycles. The Kier molecular flexibility index (Phi) is 2.80. The van der Waals surface area contributed by atoms with E-state index >= 15 is 0 Å². The number of hydrogen-bond donors (Lipinski definition) is 0. The molecule has 0 aromatic carbocycles. The van der Waals surface area contributed by atoms with Gasteiger partial charge in [0, 0.05) is 25.1 Å². The summed E-state index contributed by atoms with van der Waals surface area (Å²) in [7, 11) is 0. The van der Waals surface area contributed by atoms with Crippen molar-refractivity contribution in [2.24, 2.45) is 10.9 Å². The summed E-state index contributed by atoms with van der Waals surface area (Å²) in [5.74, 6) is 1.11. The summed E-state index contributed by atoms with van der Waals surface area (Å²) in [5.41, 5.74) is 2.62. The molecule has 0 saturated heterocycles. The van der Waals surface area contributed by atoms with Gasteiger partial charge in [0.05, 0.1) is 0 Å². The summed E-state index contributed by atoms with van der Waals surface area (Å²) in [5, 5.41) is 0. The van der Waals surface area contributed by atoms with Crippen molar-refractivity contribution in [1.29, 1.82) is 0 Å². The molecule has 0 bridgehead atoms. The van der Waals surface area contributed by atoms with E-state index in [1.807, 2.05) is 0 Å². The summed E-state index contributed by atoms with van der Waals surface area (Å²) in [4.78, 5) is 15.7. The number of Topliss-reactive ketones (excluding diaryl/α,β-unsaturated/α-hetero) is 1. The first-order valence-electron chi connectivity index (χ1n) is 5.50. The highest BCUT2D eigenvalue weighted by molar-refractivity contribution is 6.02. The fraction of sp³-hybridized carbons (Fsp3) is 0.667. The fourth-order valence-corrected chi connectivity index (χ4v) is 2.06. The monoisotopic (exact) mass is 191 g/mol. The first-order valence-corrected chi connectivity index (χ1v) is 5.50. The van der Waals surface area contributed by atoms with Gasteiger partial charge in [0.2, 0.25) is 0 Å². The van der Waals surface area contributed by atoms with Crippen LogP contribution in [0.1, 0.15) is 39.0 Å². The SMILES string of the molecule is CC1CCC(C2=CCC(=O)CC2)=NC1. The third-order valence-corrected chi connectivity index (χ3v) is 3.09. The molecule has 1 heterocycles. The van der Waals surface area contributed by atoms with Gasteiger partial charge in [0.15, 0.2) is 0 Å². The van der Waals surface area contributed by atoms with Crippen LogP contribution in [0.3, 0.4) is 0 Å². The molecule has 0 fully saturated rings. The van der Waals surface area contributed by atoms with Crippen LogP contribution < -0.4 is 0 Å². The Morgan fingerprint density at radius 2 is 2.21 bits per heavy atom. The van der Waals surface area contributed by atoms with E-state index in [0.717, 1.165) is 31.7 Å². The Morgan fingerprint density at radius 3 is 2.79 bits per heavy atom. The highest BCUT2D eigenvalue weighted by Gasteiger charge is 2.18. The predicted octanol–water partition coefficient (Wildman–Crippen LogP) is 2.54. The van der Waals surface area contributed by atoms with Crippen LogP contribution in [0.5, 0.6) is 0 Å². The largest absolute Gasteiger partial charge is 0.299 e. The second-order valence-electron chi connectivity index (χ2n) is 4.40. The van der Waals surface area contributed by atoms with Crippen molar-refractivity contribution in [3.05, 3.63) is 11.6 Å². The van der Waals surface area contributed by atoms with E-state index in [1.165, 1.54) is 17.7 Å². The molecule has 1 unspecified atom stereocenters. The Bertz CT molecular complexity index is 301. The zero-order valence-corrected chi connectivity index (χ0v) is 8.75. The van der Waals surface area contributed by atoms with Crippen LogP contribution in [-0.2, 0) is 4.79 Å². The van der Waals surface area contributed by atoms with Gasteiger partial charge in [-0.1, -0.05) is 13.0 Å². The smallest absolute Gasteiger partial charge is 0.137 e. The lowest BCUT2D eigenvalue weighted by molar-refractivity contribution is -0.118. The molecule has 2 heteroatoms. The van der Waals surface area contributed by atoms with E-state index in [1.54, 1.807) is 0 Å². The highest BCUT2D eigenvalue weighted by atomic mass is 16.1. The molecular weight excluding hydrogens is 174 g/mol. The summed E-state index contributed by atoms with van der Waals surface area (Å²) >= 11 is 0. The predicted molar refractivity (Wildman–Crippen MR) is 57.6 cm³/mol. The lowest BCUT2D eigenvalue weighted by Crippen LogP contribution is -2.17. The molecule has 0 spiro atoms. The van der Waals surface area contributed by atoms with Crippen LogP contribution in [0.2, 0.25) is 0 Å². The number of allylic oxidation sites excluding steroid dienone is 2. The number of hydrogen-bond acceptors (Lipinski definition) is 2. The highest BCUT2D eigenvalue weighted by Crippen LogP contribution is 2.23. The van der Waals surface area contributed by atoms with E-state index in [4.69, 9.17) is 0 Å². The number of nitrogens with zero attached hydrogens (tertiary/aromatic N) is 1. The molecule has 1 aliphatic carbocycles. The van der Waals surface area contributed by atoms with Gasteiger partial charge < -0.3 is 0 Å². The van der Waals surface area contributed by atoms with Gasteiger partial charge in [-0.15, -0.1) is 0 Å². The van der Waals surface area contributed by atoms with Crippen LogP contribution in [0.25, 0.3) is 0 Å². The number of aliphatic imine (C=N–C) groups is 1. The van der Waals surface area contributed by atoms with Gasteiger partial charge in [-0.25, -0.2) is 0 Å². The summed E-state index contributed by atoms with van der Waals surface area (Å²) in [6, 6.07) is 0. The molecule has 0 radical (unpaired) electrons. The van der Waals surface area contributed by atoms with Crippen molar-refractivity contribution in [3.8, 4) is 0 Å². The third-order valence-electron chi connectivity index (χ3n) is 3.09. The number of carbonyl (C=O) groups is 1. The minimum atomic E-state index is 0.374. The first kappa shape index (κ1) is 9.63. The molecular formula is C12H17NO. The zero-order chi connectivity index (χ0) is 9.97. The van der Waals surface area contributed by atoms with Crippen molar-refractivity contribution in [2.75, 3.05) is 6.54 Å². The van der Waals surface area contributed by atoms with Gasteiger partial charge in [0.1, 0.15) is 5.78 Å². The fourth-order valence-electron chi connectivity index (χ4n) is 2.06. The summed E-state index contributed by atoms with van der Waals surface area (Å²) in [6.07, 6.45) is 6.72. The van der Waals surface area contributed by atoms with Gasteiger partial charge >= 0.3 is 0 Å². The third kappa shape index (κ3) is 2.11. The lowest BCUT2D eigenvalue weighted by Gasteiger charge is -2.21. The summed E-state index contributed by atoms with van der Waals surface area (Å²) < 4.78 is 0. The number of rotatable bonds is 1. The molecule has 14 heavy (non-hydrogen) atoms. The van der Waals surface area contributed by atoms with Crippen molar-refractivity contribution >= 4 is 11.5 Å². The van der Waals surface area contributed by atoms with Gasteiger partial charge in [-0.2, -0.15) is 0 Å². The molecule has 1 aliphatic heterocycles. The maximum absolute atomic E-state index is 11.1. The molecule has 76 valence electrons. The van der Waals surface area contributed by atoms with Crippen LogP contribution in [0.4, 0.5) is 0 Å². The normalized spacial score (nSPS) is 28.4. The average molecular weight is 191 g/mol. The van der Waals surface area contributed by atoms with Crippen LogP contribution in [0.15, 0.2) is 16.6 Å². The van der Waals surface area contributed by atoms with Gasteiger partial charge in [0.25, 0.3) is 0 Å². The van der Waals surface area contributed by atoms with Crippen molar-refractivity contribution in [3.63, 3.8) is 0 Å². The Balaban J connectivity index is 2.05. The number of ketones is 1. The van der Waals surface area contributed by atoms with E-state index in [2.05, 4.69) is 18.0 Å². The molecule has 1 atom stereocenters. The number of carbonyl (C=O) groups excluding carboxylic acids is 1. The molecule has 0 saturated carbocycles. The first-order chi connectivity index (χ1) is 6.75. The van der Waals surface area contributed by atoms with E-state index in [0.29, 0.717) is 12.2 Å². The molecule has 2 nitrogen and oxygen atoms in total. The maximum atomic E-state index is 11.1. The second-order valence-corrected chi connectivity index (χ2v) is 4.40. The van der Waals surface area contributed by atoms with E-state index < -0.39 is 0 Å². The van der Waals surface area contributed by atoms with Crippen molar-refractivity contribution in [2.45, 2.75) is 39.0 Å². The molecule has 0 amide bonds. The Labute approximate surface area is 85.1 Å². The van der Waals surface area contributed by atoms with Crippen LogP contribution >= 0.6 is 0 Å². The minimum absolute atomic E-state index is 0.374.